The van der Waals surface area contributed by atoms with Crippen molar-refractivity contribution in [1.82, 2.24) is 0 Å². The lowest BCUT2D eigenvalue weighted by Gasteiger charge is -2.36. The van der Waals surface area contributed by atoms with Crippen LogP contribution in [0.15, 0.2) is 24.3 Å². The molecule has 25 heavy (non-hydrogen) atoms. The zero-order valence-electron chi connectivity index (χ0n) is 16.2. The van der Waals surface area contributed by atoms with E-state index in [4.69, 9.17) is 14.3 Å². The minimum Gasteiger partial charge on any atom is -0.461 e. The van der Waals surface area contributed by atoms with Crippen LogP contribution in [0.3, 0.4) is 0 Å². The lowest BCUT2D eigenvalue weighted by atomic mass is 10.00. The summed E-state index contributed by atoms with van der Waals surface area (Å²) in [6.07, 6.45) is 2.33. The van der Waals surface area contributed by atoms with Gasteiger partial charge in [-0.25, -0.2) is 4.79 Å². The molecule has 0 heterocycles. The summed E-state index contributed by atoms with van der Waals surface area (Å²) in [4.78, 5) is 31.1. The van der Waals surface area contributed by atoms with E-state index in [0.717, 1.165) is 25.1 Å². The summed E-state index contributed by atoms with van der Waals surface area (Å²) in [5.41, 5.74) is 2.33. The SMILES string of the molecule is CCCCN(c1ccccc1C)C(C(=O)OC(C)C)C(C)C.O=C=O. The van der Waals surface area contributed by atoms with E-state index in [2.05, 4.69) is 44.7 Å². The van der Waals surface area contributed by atoms with Crippen LogP contribution in [0.4, 0.5) is 5.69 Å². The van der Waals surface area contributed by atoms with Crippen molar-refractivity contribution in [2.24, 2.45) is 5.92 Å². The van der Waals surface area contributed by atoms with E-state index >= 15 is 0 Å². The zero-order valence-corrected chi connectivity index (χ0v) is 16.2. The van der Waals surface area contributed by atoms with E-state index < -0.39 is 0 Å². The maximum absolute atomic E-state index is 12.6. The van der Waals surface area contributed by atoms with Crippen molar-refractivity contribution >= 4 is 17.8 Å². The van der Waals surface area contributed by atoms with Crippen molar-refractivity contribution in [2.45, 2.75) is 66.5 Å². The van der Waals surface area contributed by atoms with Gasteiger partial charge in [-0.1, -0.05) is 45.4 Å². The summed E-state index contributed by atoms with van der Waals surface area (Å²) >= 11 is 0. The van der Waals surface area contributed by atoms with Crippen LogP contribution in [-0.2, 0) is 19.1 Å². The molecular formula is C20H31NO4. The van der Waals surface area contributed by atoms with E-state index in [-0.39, 0.29) is 30.2 Å². The van der Waals surface area contributed by atoms with Gasteiger partial charge in [0.1, 0.15) is 6.04 Å². The third-order valence-electron chi connectivity index (χ3n) is 3.74. The van der Waals surface area contributed by atoms with Gasteiger partial charge >= 0.3 is 12.1 Å². The van der Waals surface area contributed by atoms with Gasteiger partial charge in [0.25, 0.3) is 0 Å². The first-order valence-corrected chi connectivity index (χ1v) is 8.82. The highest BCUT2D eigenvalue weighted by atomic mass is 16.5. The van der Waals surface area contributed by atoms with Crippen LogP contribution < -0.4 is 4.90 Å². The molecule has 0 N–H and O–H groups in total. The number of anilines is 1. The maximum Gasteiger partial charge on any atom is 0.373 e. The normalized spacial score (nSPS) is 11.4. The van der Waals surface area contributed by atoms with Crippen LogP contribution in [0.1, 0.15) is 53.0 Å². The Labute approximate surface area is 151 Å². The molecule has 1 aromatic carbocycles. The van der Waals surface area contributed by atoms with E-state index in [1.54, 1.807) is 0 Å². The molecule has 0 radical (unpaired) electrons. The van der Waals surface area contributed by atoms with E-state index in [1.807, 2.05) is 26.0 Å². The second-order valence-corrected chi connectivity index (χ2v) is 6.59. The highest BCUT2D eigenvalue weighted by Gasteiger charge is 2.31. The first-order chi connectivity index (χ1) is 11.8. The summed E-state index contributed by atoms with van der Waals surface area (Å²) in [5.74, 6) is 0.0760. The van der Waals surface area contributed by atoms with Crippen molar-refractivity contribution in [3.05, 3.63) is 29.8 Å². The van der Waals surface area contributed by atoms with E-state index in [0.29, 0.717) is 0 Å². The number of benzene rings is 1. The molecule has 0 fully saturated rings. The molecule has 0 spiro atoms. The van der Waals surface area contributed by atoms with Gasteiger partial charge in [0.15, 0.2) is 0 Å². The zero-order chi connectivity index (χ0) is 19.4. The lowest BCUT2D eigenvalue weighted by Crippen LogP contribution is -2.47. The molecule has 1 atom stereocenters. The van der Waals surface area contributed by atoms with Crippen molar-refractivity contribution in [1.29, 1.82) is 0 Å². The molecule has 1 aromatic rings. The number of para-hydroxylation sites is 1. The van der Waals surface area contributed by atoms with Gasteiger partial charge in [-0.05, 0) is 44.7 Å². The monoisotopic (exact) mass is 349 g/mol. The van der Waals surface area contributed by atoms with Gasteiger partial charge < -0.3 is 9.64 Å². The smallest absolute Gasteiger partial charge is 0.373 e. The van der Waals surface area contributed by atoms with Crippen LogP contribution in [0.2, 0.25) is 0 Å². The largest absolute Gasteiger partial charge is 0.461 e. The van der Waals surface area contributed by atoms with Crippen LogP contribution in [0.5, 0.6) is 0 Å². The fraction of sp³-hybridized carbons (Fsp3) is 0.600. The molecule has 5 heteroatoms. The predicted octanol–water partition coefficient (Wildman–Crippen LogP) is 3.99. The lowest BCUT2D eigenvalue weighted by molar-refractivity contribution is -0.191. The number of aryl methyl sites for hydroxylation is 1. The third kappa shape index (κ3) is 7.99. The Balaban J connectivity index is 0.00000178. The van der Waals surface area contributed by atoms with Crippen molar-refractivity contribution < 1.29 is 19.1 Å². The first-order valence-electron chi connectivity index (χ1n) is 8.82. The van der Waals surface area contributed by atoms with Crippen LogP contribution in [0, 0.1) is 12.8 Å². The average molecular weight is 349 g/mol. The number of unbranched alkanes of at least 4 members (excludes halogenated alkanes) is 1. The standard InChI is InChI=1S/C19H31NO2.CO2/c1-7-8-13-20(17-12-10-9-11-16(17)6)18(14(2)3)19(21)22-15(4)5;2-1-3/h9-12,14-15,18H,7-8,13H2,1-6H3;. The van der Waals surface area contributed by atoms with Crippen LogP contribution in [-0.4, -0.2) is 30.8 Å². The predicted molar refractivity (Wildman–Crippen MR) is 98.3 cm³/mol. The molecule has 0 aliphatic rings. The summed E-state index contributed by atoms with van der Waals surface area (Å²) < 4.78 is 5.52. The molecule has 140 valence electrons. The quantitative estimate of drug-likeness (QED) is 0.664. The molecule has 0 aromatic heterocycles. The number of hydrogen-bond donors (Lipinski definition) is 0. The minimum atomic E-state index is -0.241. The molecule has 1 rings (SSSR count). The Bertz CT molecular complexity index is 548. The fourth-order valence-corrected chi connectivity index (χ4v) is 2.68. The molecule has 0 aliphatic carbocycles. The van der Waals surface area contributed by atoms with E-state index in [9.17, 15) is 4.79 Å². The molecule has 5 nitrogen and oxygen atoms in total. The minimum absolute atomic E-state index is 0.0846. The van der Waals surface area contributed by atoms with Gasteiger partial charge in [0.2, 0.25) is 0 Å². The number of hydrogen-bond acceptors (Lipinski definition) is 5. The topological polar surface area (TPSA) is 63.7 Å². The third-order valence-corrected chi connectivity index (χ3v) is 3.74. The maximum atomic E-state index is 12.6. The number of rotatable bonds is 8. The van der Waals surface area contributed by atoms with Crippen molar-refractivity contribution in [3.63, 3.8) is 0 Å². The van der Waals surface area contributed by atoms with E-state index in [1.165, 1.54) is 5.56 Å². The van der Waals surface area contributed by atoms with Gasteiger partial charge in [0.05, 0.1) is 6.10 Å². The van der Waals surface area contributed by atoms with Crippen LogP contribution in [0.25, 0.3) is 0 Å². The highest BCUT2D eigenvalue weighted by Crippen LogP contribution is 2.26. The summed E-state index contributed by atoms with van der Waals surface area (Å²) in [6.45, 7) is 13.1. The Morgan fingerprint density at radius 2 is 1.72 bits per heavy atom. The second kappa shape index (κ2) is 12.3. The molecule has 0 aliphatic heterocycles. The highest BCUT2D eigenvalue weighted by molar-refractivity contribution is 5.81. The van der Waals surface area contributed by atoms with Crippen molar-refractivity contribution in [3.8, 4) is 0 Å². The number of esters is 1. The Kier molecular flexibility index (Phi) is 11.2. The Morgan fingerprint density at radius 3 is 2.16 bits per heavy atom. The first kappa shape index (κ1) is 22.9. The second-order valence-electron chi connectivity index (χ2n) is 6.59. The number of carbonyl (C=O) groups is 1. The van der Waals surface area contributed by atoms with Gasteiger partial charge in [0, 0.05) is 12.2 Å². The number of nitrogens with zero attached hydrogens (tertiary/aromatic N) is 1. The molecule has 0 amide bonds. The van der Waals surface area contributed by atoms with Gasteiger partial charge in [-0.3, -0.25) is 0 Å². The average Bonchev–Trinajstić information content (AvgIpc) is 2.51. The van der Waals surface area contributed by atoms with Crippen LogP contribution >= 0.6 is 0 Å². The molecule has 0 saturated carbocycles. The van der Waals surface area contributed by atoms with Crippen molar-refractivity contribution in [2.75, 3.05) is 11.4 Å². The van der Waals surface area contributed by atoms with Gasteiger partial charge in [-0.15, -0.1) is 0 Å². The molecular weight excluding hydrogens is 318 g/mol. The number of carbonyl (C=O) groups excluding carboxylic acids is 3. The Hall–Kier alpha value is -2.13. The summed E-state index contributed by atoms with van der Waals surface area (Å²) in [7, 11) is 0. The summed E-state index contributed by atoms with van der Waals surface area (Å²) in [5, 5.41) is 0. The van der Waals surface area contributed by atoms with Gasteiger partial charge in [-0.2, -0.15) is 9.59 Å². The number of ether oxygens (including phenoxy) is 1. The molecule has 0 bridgehead atoms. The molecule has 0 saturated heterocycles. The Morgan fingerprint density at radius 1 is 1.16 bits per heavy atom. The summed E-state index contributed by atoms with van der Waals surface area (Å²) in [6, 6.07) is 8.03. The molecule has 1 unspecified atom stereocenters. The fourth-order valence-electron chi connectivity index (χ4n) is 2.68.